The number of sulfonamides is 1. The minimum atomic E-state index is -3.66. The number of anilines is 1. The van der Waals surface area contributed by atoms with Gasteiger partial charge in [0.2, 0.25) is 15.9 Å². The number of benzene rings is 2. The zero-order chi connectivity index (χ0) is 22.4. The lowest BCUT2D eigenvalue weighted by Gasteiger charge is -2.26. The quantitative estimate of drug-likeness (QED) is 0.645. The summed E-state index contributed by atoms with van der Waals surface area (Å²) in [7, 11) is -2.20. The molecule has 0 unspecified atom stereocenters. The Balaban J connectivity index is 1.83. The van der Waals surface area contributed by atoms with Crippen LogP contribution < -0.4 is 10.1 Å². The molecule has 0 radical (unpaired) electrons. The number of hydrogen-bond acceptors (Lipinski definition) is 4. The van der Waals surface area contributed by atoms with E-state index in [1.54, 1.807) is 24.3 Å². The van der Waals surface area contributed by atoms with Crippen molar-refractivity contribution in [2.45, 2.75) is 44.4 Å². The minimum Gasteiger partial charge on any atom is -0.495 e. The van der Waals surface area contributed by atoms with Crippen LogP contribution in [0.5, 0.6) is 5.75 Å². The second-order valence-corrected chi connectivity index (χ2v) is 9.57. The number of ether oxygens (including phenoxy) is 1. The average Bonchev–Trinajstić information content (AvgIpc) is 2.79. The molecule has 3 rings (SSSR count). The first kappa shape index (κ1) is 23.0. The van der Waals surface area contributed by atoms with E-state index >= 15 is 0 Å². The Kier molecular flexibility index (Phi) is 7.51. The summed E-state index contributed by atoms with van der Waals surface area (Å²) >= 11 is 0. The molecule has 0 aromatic heterocycles. The summed E-state index contributed by atoms with van der Waals surface area (Å²) in [5, 5.41) is 2.94. The molecule has 7 heteroatoms. The van der Waals surface area contributed by atoms with Crippen molar-refractivity contribution in [3.8, 4) is 5.75 Å². The van der Waals surface area contributed by atoms with Crippen molar-refractivity contribution < 1.29 is 17.9 Å². The molecule has 6 nitrogen and oxygen atoms in total. The topological polar surface area (TPSA) is 75.7 Å². The third-order valence-corrected chi connectivity index (χ3v) is 7.46. The Bertz CT molecular complexity index is 1070. The molecule has 166 valence electrons. The largest absolute Gasteiger partial charge is 0.495 e. The first-order valence-corrected chi connectivity index (χ1v) is 12.1. The molecule has 1 aliphatic heterocycles. The normalized spacial score (nSPS) is 15.2. The highest BCUT2D eigenvalue weighted by Gasteiger charge is 2.29. The molecule has 1 amide bonds. The fraction of sp³-hybridized carbons (Fsp3) is 0.375. The van der Waals surface area contributed by atoms with E-state index in [4.69, 9.17) is 4.74 Å². The van der Waals surface area contributed by atoms with Crippen molar-refractivity contribution in [3.63, 3.8) is 0 Å². The lowest BCUT2D eigenvalue weighted by molar-refractivity contribution is -0.111. The van der Waals surface area contributed by atoms with Crippen molar-refractivity contribution in [3.05, 3.63) is 59.2 Å². The SMILES string of the molecule is CCc1cccc(C)c1NC(=O)/C=C/c1ccc(OC)c(S(=O)(=O)N2CCCCC2)c1. The van der Waals surface area contributed by atoms with Gasteiger partial charge in [0.1, 0.15) is 10.6 Å². The summed E-state index contributed by atoms with van der Waals surface area (Å²) in [6.45, 7) is 5.04. The van der Waals surface area contributed by atoms with Crippen molar-refractivity contribution in [2.75, 3.05) is 25.5 Å². The van der Waals surface area contributed by atoms with E-state index in [1.165, 1.54) is 17.5 Å². The number of nitrogens with zero attached hydrogens (tertiary/aromatic N) is 1. The molecule has 31 heavy (non-hydrogen) atoms. The lowest BCUT2D eigenvalue weighted by atomic mass is 10.1. The van der Waals surface area contributed by atoms with Crippen LogP contribution in [-0.2, 0) is 21.2 Å². The minimum absolute atomic E-state index is 0.131. The lowest BCUT2D eigenvalue weighted by Crippen LogP contribution is -2.35. The zero-order valence-electron chi connectivity index (χ0n) is 18.3. The van der Waals surface area contributed by atoms with Crippen LogP contribution in [0, 0.1) is 6.92 Å². The summed E-state index contributed by atoms with van der Waals surface area (Å²) < 4.78 is 33.1. The number of piperidine rings is 1. The van der Waals surface area contributed by atoms with Crippen LogP contribution in [0.3, 0.4) is 0 Å². The molecule has 1 fully saturated rings. The van der Waals surface area contributed by atoms with E-state index in [0.29, 0.717) is 24.4 Å². The Morgan fingerprint density at radius 1 is 1.16 bits per heavy atom. The number of hydrogen-bond donors (Lipinski definition) is 1. The van der Waals surface area contributed by atoms with Gasteiger partial charge in [0.15, 0.2) is 0 Å². The van der Waals surface area contributed by atoms with E-state index in [0.717, 1.165) is 42.5 Å². The van der Waals surface area contributed by atoms with Gasteiger partial charge in [-0.25, -0.2) is 8.42 Å². The van der Waals surface area contributed by atoms with E-state index in [1.807, 2.05) is 32.0 Å². The number of rotatable bonds is 7. The highest BCUT2D eigenvalue weighted by Crippen LogP contribution is 2.30. The molecule has 1 aliphatic rings. The number of methoxy groups -OCH3 is 1. The second-order valence-electron chi connectivity index (χ2n) is 7.66. The molecule has 1 heterocycles. The predicted molar refractivity (Wildman–Crippen MR) is 124 cm³/mol. The van der Waals surface area contributed by atoms with E-state index in [2.05, 4.69) is 5.32 Å². The molecule has 0 saturated carbocycles. The molecular formula is C24H30N2O4S. The molecule has 0 atom stereocenters. The van der Waals surface area contributed by atoms with Crippen LogP contribution in [0.25, 0.3) is 6.08 Å². The van der Waals surface area contributed by atoms with Gasteiger partial charge in [-0.1, -0.05) is 37.6 Å². The van der Waals surface area contributed by atoms with Crippen molar-refractivity contribution >= 4 is 27.7 Å². The third-order valence-electron chi connectivity index (χ3n) is 5.54. The maximum absolute atomic E-state index is 13.1. The van der Waals surface area contributed by atoms with Gasteiger partial charge in [0, 0.05) is 24.9 Å². The Morgan fingerprint density at radius 3 is 2.58 bits per heavy atom. The van der Waals surface area contributed by atoms with Crippen LogP contribution in [0.15, 0.2) is 47.4 Å². The van der Waals surface area contributed by atoms with Gasteiger partial charge < -0.3 is 10.1 Å². The monoisotopic (exact) mass is 442 g/mol. The van der Waals surface area contributed by atoms with Crippen molar-refractivity contribution in [1.82, 2.24) is 4.31 Å². The first-order valence-electron chi connectivity index (χ1n) is 10.6. The van der Waals surface area contributed by atoms with Gasteiger partial charge in [-0.05, 0) is 61.1 Å². The van der Waals surface area contributed by atoms with Gasteiger partial charge in [-0.2, -0.15) is 4.31 Å². The standard InChI is InChI=1S/C24H30N2O4S/c1-4-20-10-8-9-18(2)24(20)25-23(27)14-12-19-11-13-21(30-3)22(17-19)31(28,29)26-15-6-5-7-16-26/h8-14,17H,4-7,15-16H2,1-3H3,(H,25,27)/b14-12+. The predicted octanol–water partition coefficient (Wildman–Crippen LogP) is 4.39. The number of carbonyl (C=O) groups is 1. The maximum atomic E-state index is 13.1. The highest BCUT2D eigenvalue weighted by molar-refractivity contribution is 7.89. The summed E-state index contributed by atoms with van der Waals surface area (Å²) in [6.07, 6.45) is 6.62. The molecule has 0 spiro atoms. The molecule has 0 aliphatic carbocycles. The number of nitrogens with one attached hydrogen (secondary N) is 1. The molecule has 0 bridgehead atoms. The number of carbonyl (C=O) groups excluding carboxylic acids is 1. The fourth-order valence-electron chi connectivity index (χ4n) is 3.78. The van der Waals surface area contributed by atoms with Crippen LogP contribution in [-0.4, -0.2) is 38.8 Å². The fourth-order valence-corrected chi connectivity index (χ4v) is 5.49. The first-order chi connectivity index (χ1) is 14.9. The molecule has 1 N–H and O–H groups in total. The Morgan fingerprint density at radius 2 is 1.90 bits per heavy atom. The number of amides is 1. The van der Waals surface area contributed by atoms with E-state index < -0.39 is 10.0 Å². The summed E-state index contributed by atoms with van der Waals surface area (Å²) in [5.74, 6) is 0.0416. The van der Waals surface area contributed by atoms with E-state index in [-0.39, 0.29) is 10.8 Å². The van der Waals surface area contributed by atoms with Gasteiger partial charge in [-0.15, -0.1) is 0 Å². The highest BCUT2D eigenvalue weighted by atomic mass is 32.2. The van der Waals surface area contributed by atoms with Crippen LogP contribution in [0.2, 0.25) is 0 Å². The van der Waals surface area contributed by atoms with Crippen LogP contribution in [0.1, 0.15) is 42.9 Å². The summed E-state index contributed by atoms with van der Waals surface area (Å²) in [4.78, 5) is 12.6. The number of para-hydroxylation sites is 1. The van der Waals surface area contributed by atoms with E-state index in [9.17, 15) is 13.2 Å². The smallest absolute Gasteiger partial charge is 0.248 e. The second kappa shape index (κ2) is 10.1. The van der Waals surface area contributed by atoms with Crippen molar-refractivity contribution in [1.29, 1.82) is 0 Å². The molecule has 2 aromatic rings. The van der Waals surface area contributed by atoms with Crippen LogP contribution in [0.4, 0.5) is 5.69 Å². The molecule has 2 aromatic carbocycles. The maximum Gasteiger partial charge on any atom is 0.248 e. The summed E-state index contributed by atoms with van der Waals surface area (Å²) in [5.41, 5.74) is 3.51. The Hall–Kier alpha value is -2.64. The van der Waals surface area contributed by atoms with Gasteiger partial charge >= 0.3 is 0 Å². The zero-order valence-corrected chi connectivity index (χ0v) is 19.2. The van der Waals surface area contributed by atoms with Gasteiger partial charge in [-0.3, -0.25) is 4.79 Å². The molecule has 1 saturated heterocycles. The number of aryl methyl sites for hydroxylation is 2. The van der Waals surface area contributed by atoms with Gasteiger partial charge in [0.25, 0.3) is 0 Å². The average molecular weight is 443 g/mol. The Labute approximate surface area is 185 Å². The van der Waals surface area contributed by atoms with Crippen LogP contribution >= 0.6 is 0 Å². The molecular weight excluding hydrogens is 412 g/mol. The van der Waals surface area contributed by atoms with Crippen molar-refractivity contribution in [2.24, 2.45) is 0 Å². The third kappa shape index (κ3) is 5.35. The van der Waals surface area contributed by atoms with Gasteiger partial charge in [0.05, 0.1) is 7.11 Å². The summed E-state index contributed by atoms with van der Waals surface area (Å²) in [6, 6.07) is 10.9.